The van der Waals surface area contributed by atoms with Crippen molar-refractivity contribution in [2.45, 2.75) is 13.8 Å². The summed E-state index contributed by atoms with van der Waals surface area (Å²) in [6.45, 7) is 3.00. The number of anilines is 1. The highest BCUT2D eigenvalue weighted by Gasteiger charge is 2.18. The van der Waals surface area contributed by atoms with Gasteiger partial charge in [0.2, 0.25) is 11.8 Å². The zero-order valence-corrected chi connectivity index (χ0v) is 11.9. The van der Waals surface area contributed by atoms with Gasteiger partial charge in [0.25, 0.3) is 0 Å². The number of nitrogens with one attached hydrogen (secondary N) is 2. The van der Waals surface area contributed by atoms with E-state index in [1.54, 1.807) is 0 Å². The van der Waals surface area contributed by atoms with Gasteiger partial charge in [-0.05, 0) is 40.3 Å². The summed E-state index contributed by atoms with van der Waals surface area (Å²) in [5, 5.41) is 7.87. The normalized spacial score (nSPS) is 18.3. The van der Waals surface area contributed by atoms with E-state index >= 15 is 0 Å². The lowest BCUT2D eigenvalue weighted by Crippen LogP contribution is -2.24. The summed E-state index contributed by atoms with van der Waals surface area (Å²) >= 11 is 0. The number of carbonyl (C=O) groups is 2. The Kier molecular flexibility index (Phi) is 3.22. The minimum absolute atomic E-state index is 0.0715. The average molecular weight is 280 g/mol. The first-order valence-electron chi connectivity index (χ1n) is 6.84. The molecule has 2 amide bonds. The van der Waals surface area contributed by atoms with Gasteiger partial charge in [-0.1, -0.05) is 18.2 Å². The number of carbonyl (C=O) groups excluding carboxylic acids is 2. The van der Waals surface area contributed by atoms with Crippen molar-refractivity contribution in [1.82, 2.24) is 5.32 Å². The lowest BCUT2D eigenvalue weighted by atomic mass is 9.95. The molecule has 4 heteroatoms. The molecule has 0 fully saturated rings. The van der Waals surface area contributed by atoms with Gasteiger partial charge in [0.15, 0.2) is 0 Å². The van der Waals surface area contributed by atoms with E-state index in [4.69, 9.17) is 0 Å². The lowest BCUT2D eigenvalue weighted by molar-refractivity contribution is -0.118. The van der Waals surface area contributed by atoms with Crippen molar-refractivity contribution in [2.75, 3.05) is 5.32 Å². The molecular formula is C17H16N2O2. The van der Waals surface area contributed by atoms with Crippen LogP contribution in [0.4, 0.5) is 5.69 Å². The van der Waals surface area contributed by atoms with Crippen LogP contribution in [0, 0.1) is 5.92 Å². The van der Waals surface area contributed by atoms with Crippen LogP contribution in [-0.4, -0.2) is 11.8 Å². The highest BCUT2D eigenvalue weighted by Crippen LogP contribution is 2.25. The molecule has 0 saturated heterocycles. The van der Waals surface area contributed by atoms with Gasteiger partial charge in [0.05, 0.1) is 0 Å². The number of hydrogen-bond donors (Lipinski definition) is 2. The maximum absolute atomic E-state index is 11.1. The summed E-state index contributed by atoms with van der Waals surface area (Å²) in [5.74, 6) is 0.0167. The maximum Gasteiger partial charge on any atom is 0.221 e. The summed E-state index contributed by atoms with van der Waals surface area (Å²) in [6, 6.07) is 5.90. The molecule has 1 aromatic rings. The molecule has 3 rings (SSSR count). The second-order valence-electron chi connectivity index (χ2n) is 5.27. The molecule has 1 aromatic carbocycles. The first-order chi connectivity index (χ1) is 10.0. The monoisotopic (exact) mass is 280 g/mol. The SMILES string of the molecule is CC(=O)NC1=C[C@@H]2C=c3cc(NC(C)=O)ccc3=C2C=C1. The number of allylic oxidation sites excluding steroid dienone is 3. The molecule has 0 aliphatic heterocycles. The number of hydrogen-bond acceptors (Lipinski definition) is 2. The van der Waals surface area contributed by atoms with Gasteiger partial charge in [0, 0.05) is 31.1 Å². The molecule has 4 nitrogen and oxygen atoms in total. The molecule has 2 aliphatic rings. The molecule has 106 valence electrons. The van der Waals surface area contributed by atoms with Crippen LogP contribution in [0.5, 0.6) is 0 Å². The Labute approximate surface area is 122 Å². The van der Waals surface area contributed by atoms with E-state index in [-0.39, 0.29) is 17.7 Å². The van der Waals surface area contributed by atoms with E-state index in [0.29, 0.717) is 0 Å². The molecule has 0 heterocycles. The highest BCUT2D eigenvalue weighted by atomic mass is 16.2. The molecule has 0 radical (unpaired) electrons. The van der Waals surface area contributed by atoms with Gasteiger partial charge in [-0.3, -0.25) is 9.59 Å². The third kappa shape index (κ3) is 2.65. The quantitative estimate of drug-likeness (QED) is 0.841. The number of amides is 2. The Hall–Kier alpha value is -2.62. The van der Waals surface area contributed by atoms with Crippen LogP contribution in [0.15, 0.2) is 42.1 Å². The van der Waals surface area contributed by atoms with Crippen molar-refractivity contribution >= 4 is 29.2 Å². The summed E-state index contributed by atoms with van der Waals surface area (Å²) in [5.41, 5.74) is 2.84. The van der Waals surface area contributed by atoms with Crippen molar-refractivity contribution in [3.8, 4) is 0 Å². The van der Waals surface area contributed by atoms with E-state index in [1.807, 2.05) is 36.4 Å². The Bertz CT molecular complexity index is 816. The Morgan fingerprint density at radius 2 is 1.76 bits per heavy atom. The van der Waals surface area contributed by atoms with Gasteiger partial charge in [0.1, 0.15) is 0 Å². The third-order valence-electron chi connectivity index (χ3n) is 3.52. The zero-order valence-electron chi connectivity index (χ0n) is 11.9. The minimum Gasteiger partial charge on any atom is -0.327 e. The molecule has 2 aliphatic carbocycles. The number of benzene rings is 1. The van der Waals surface area contributed by atoms with Crippen molar-refractivity contribution in [3.05, 3.63) is 52.6 Å². The van der Waals surface area contributed by atoms with E-state index < -0.39 is 0 Å². The van der Waals surface area contributed by atoms with Gasteiger partial charge >= 0.3 is 0 Å². The molecule has 0 spiro atoms. The smallest absolute Gasteiger partial charge is 0.221 e. The topological polar surface area (TPSA) is 58.2 Å². The second-order valence-corrected chi connectivity index (χ2v) is 5.27. The van der Waals surface area contributed by atoms with Gasteiger partial charge < -0.3 is 10.6 Å². The van der Waals surface area contributed by atoms with Gasteiger partial charge in [-0.25, -0.2) is 0 Å². The fraction of sp³-hybridized carbons (Fsp3) is 0.176. The van der Waals surface area contributed by atoms with Crippen molar-refractivity contribution < 1.29 is 9.59 Å². The van der Waals surface area contributed by atoms with Crippen LogP contribution in [0.1, 0.15) is 13.8 Å². The number of rotatable bonds is 2. The van der Waals surface area contributed by atoms with E-state index in [2.05, 4.69) is 16.7 Å². The largest absolute Gasteiger partial charge is 0.327 e. The molecule has 21 heavy (non-hydrogen) atoms. The molecule has 1 atom stereocenters. The molecule has 2 N–H and O–H groups in total. The van der Waals surface area contributed by atoms with Crippen LogP contribution in [-0.2, 0) is 9.59 Å². The summed E-state index contributed by atoms with van der Waals surface area (Å²) < 4.78 is 0. The number of fused-ring (bicyclic) bond motifs is 2. The molecule has 0 unspecified atom stereocenters. The standard InChI is InChI=1S/C17H16N2O2/c1-10(20)18-14-3-5-16-12(8-14)7-13-9-15(19-11(2)21)4-6-17(13)16/h3-9,12H,1-2H3,(H,18,20)(H,19,21)/t12-/m0/s1. The fourth-order valence-electron chi connectivity index (χ4n) is 2.76. The van der Waals surface area contributed by atoms with Crippen molar-refractivity contribution in [3.63, 3.8) is 0 Å². The van der Waals surface area contributed by atoms with Crippen LogP contribution < -0.4 is 21.1 Å². The van der Waals surface area contributed by atoms with Crippen molar-refractivity contribution in [1.29, 1.82) is 0 Å². The Balaban J connectivity index is 1.99. The third-order valence-corrected chi connectivity index (χ3v) is 3.52. The van der Waals surface area contributed by atoms with E-state index in [0.717, 1.165) is 16.6 Å². The molecular weight excluding hydrogens is 264 g/mol. The second kappa shape index (κ2) is 5.05. The van der Waals surface area contributed by atoms with Gasteiger partial charge in [-0.2, -0.15) is 0 Å². The molecule has 0 bridgehead atoms. The fourth-order valence-corrected chi connectivity index (χ4v) is 2.76. The highest BCUT2D eigenvalue weighted by molar-refractivity contribution is 5.89. The van der Waals surface area contributed by atoms with E-state index in [9.17, 15) is 9.59 Å². The Morgan fingerprint density at radius 1 is 1.00 bits per heavy atom. The van der Waals surface area contributed by atoms with Crippen molar-refractivity contribution in [2.24, 2.45) is 5.92 Å². The van der Waals surface area contributed by atoms with E-state index in [1.165, 1.54) is 24.6 Å². The van der Waals surface area contributed by atoms with Crippen LogP contribution >= 0.6 is 0 Å². The first-order valence-corrected chi connectivity index (χ1v) is 6.84. The summed E-state index contributed by atoms with van der Waals surface area (Å²) in [4.78, 5) is 22.2. The predicted octanol–water partition coefficient (Wildman–Crippen LogP) is 0.796. The zero-order chi connectivity index (χ0) is 15.0. The maximum atomic E-state index is 11.1. The van der Waals surface area contributed by atoms with Crippen LogP contribution in [0.2, 0.25) is 0 Å². The summed E-state index contributed by atoms with van der Waals surface area (Å²) in [6.07, 6.45) is 8.13. The lowest BCUT2D eigenvalue weighted by Gasteiger charge is -2.14. The molecule has 0 saturated carbocycles. The van der Waals surface area contributed by atoms with Gasteiger partial charge in [-0.15, -0.1) is 0 Å². The first kappa shape index (κ1) is 13.4. The van der Waals surface area contributed by atoms with Crippen LogP contribution in [0.25, 0.3) is 11.6 Å². The minimum atomic E-state index is -0.0780. The molecule has 0 aromatic heterocycles. The van der Waals surface area contributed by atoms with Crippen LogP contribution in [0.3, 0.4) is 0 Å². The average Bonchev–Trinajstić information content (AvgIpc) is 2.73. The summed E-state index contributed by atoms with van der Waals surface area (Å²) in [7, 11) is 0. The Morgan fingerprint density at radius 3 is 2.48 bits per heavy atom. The predicted molar refractivity (Wildman–Crippen MR) is 82.4 cm³/mol.